The van der Waals surface area contributed by atoms with Crippen molar-refractivity contribution < 1.29 is 13.6 Å². The van der Waals surface area contributed by atoms with Crippen molar-refractivity contribution in [1.82, 2.24) is 5.32 Å². The minimum Gasteiger partial charge on any atom is -0.374 e. The van der Waals surface area contributed by atoms with Gasteiger partial charge in [-0.1, -0.05) is 0 Å². The van der Waals surface area contributed by atoms with E-state index in [9.17, 15) is 13.6 Å². The predicted molar refractivity (Wildman–Crippen MR) is 51.4 cm³/mol. The van der Waals surface area contributed by atoms with Crippen molar-refractivity contribution in [3.8, 4) is 0 Å². The zero-order valence-electron chi connectivity index (χ0n) is 7.89. The number of nitrogens with one attached hydrogen (secondary N) is 2. The second-order valence-corrected chi connectivity index (χ2v) is 3.41. The lowest BCUT2D eigenvalue weighted by Gasteiger charge is -2.11. The Hall–Kier alpha value is -1.65. The largest absolute Gasteiger partial charge is 0.374 e. The molecular formula is C10H10F2N2O. The molecule has 0 bridgehead atoms. The number of carbonyl (C=O) groups excluding carboxylic acids is 1. The topological polar surface area (TPSA) is 41.1 Å². The minimum atomic E-state index is -0.918. The predicted octanol–water partition coefficient (Wildman–Crippen LogP) is 1.27. The van der Waals surface area contributed by atoms with E-state index in [-0.39, 0.29) is 11.9 Å². The average Bonchev–Trinajstić information content (AvgIpc) is 2.59. The Morgan fingerprint density at radius 2 is 2.13 bits per heavy atom. The molecule has 1 aromatic rings. The molecule has 1 fully saturated rings. The van der Waals surface area contributed by atoms with E-state index in [0.717, 1.165) is 12.1 Å². The molecule has 2 N–H and O–H groups in total. The minimum absolute atomic E-state index is 0.111. The molecule has 1 atom stereocenters. The lowest BCUT2D eigenvalue weighted by molar-refractivity contribution is -0.119. The van der Waals surface area contributed by atoms with E-state index in [1.807, 2.05) is 0 Å². The van der Waals surface area contributed by atoms with Crippen LogP contribution in [-0.4, -0.2) is 18.5 Å². The SMILES string of the molecule is O=C1NCCC1Nc1ccc(F)c(F)c1. The first kappa shape index (κ1) is 9.89. The third-order valence-corrected chi connectivity index (χ3v) is 2.31. The maximum Gasteiger partial charge on any atom is 0.242 e. The summed E-state index contributed by atoms with van der Waals surface area (Å²) in [5.41, 5.74) is 0.413. The number of anilines is 1. The van der Waals surface area contributed by atoms with E-state index < -0.39 is 11.6 Å². The second-order valence-electron chi connectivity index (χ2n) is 3.41. The molecule has 1 saturated heterocycles. The van der Waals surface area contributed by atoms with Gasteiger partial charge in [-0.25, -0.2) is 8.78 Å². The van der Waals surface area contributed by atoms with Crippen LogP contribution in [0.1, 0.15) is 6.42 Å². The number of hydrogen-bond donors (Lipinski definition) is 2. The Bertz CT molecular complexity index is 395. The molecule has 0 aliphatic carbocycles. The van der Waals surface area contributed by atoms with Gasteiger partial charge in [-0.3, -0.25) is 4.79 Å². The van der Waals surface area contributed by atoms with Crippen molar-refractivity contribution >= 4 is 11.6 Å². The van der Waals surface area contributed by atoms with Crippen LogP contribution < -0.4 is 10.6 Å². The van der Waals surface area contributed by atoms with E-state index in [1.54, 1.807) is 0 Å². The van der Waals surface area contributed by atoms with Crippen LogP contribution in [0.25, 0.3) is 0 Å². The zero-order valence-corrected chi connectivity index (χ0v) is 7.89. The fourth-order valence-electron chi connectivity index (χ4n) is 1.52. The van der Waals surface area contributed by atoms with Crippen LogP contribution in [0.5, 0.6) is 0 Å². The first-order valence-corrected chi connectivity index (χ1v) is 4.66. The van der Waals surface area contributed by atoms with Gasteiger partial charge in [0.2, 0.25) is 5.91 Å². The van der Waals surface area contributed by atoms with Gasteiger partial charge >= 0.3 is 0 Å². The molecule has 0 aromatic heterocycles. The van der Waals surface area contributed by atoms with Crippen molar-refractivity contribution in [2.24, 2.45) is 0 Å². The molecule has 0 saturated carbocycles. The highest BCUT2D eigenvalue weighted by atomic mass is 19.2. The fraction of sp³-hybridized carbons (Fsp3) is 0.300. The summed E-state index contributed by atoms with van der Waals surface area (Å²) in [4.78, 5) is 11.2. The Morgan fingerprint density at radius 1 is 1.33 bits per heavy atom. The quantitative estimate of drug-likeness (QED) is 0.775. The van der Waals surface area contributed by atoms with Crippen LogP contribution in [0.15, 0.2) is 18.2 Å². The molecule has 1 heterocycles. The van der Waals surface area contributed by atoms with Crippen molar-refractivity contribution in [2.75, 3.05) is 11.9 Å². The molecule has 0 spiro atoms. The molecule has 2 rings (SSSR count). The summed E-state index contributed by atoms with van der Waals surface area (Å²) in [5, 5.41) is 5.49. The van der Waals surface area contributed by atoms with Gasteiger partial charge in [0.25, 0.3) is 0 Å². The van der Waals surface area contributed by atoms with Gasteiger partial charge in [-0.05, 0) is 18.6 Å². The van der Waals surface area contributed by atoms with Gasteiger partial charge in [0.05, 0.1) is 0 Å². The third kappa shape index (κ3) is 2.06. The van der Waals surface area contributed by atoms with Gasteiger partial charge < -0.3 is 10.6 Å². The maximum atomic E-state index is 12.8. The molecule has 3 nitrogen and oxygen atoms in total. The monoisotopic (exact) mass is 212 g/mol. The normalized spacial score (nSPS) is 20.1. The number of amides is 1. The van der Waals surface area contributed by atoms with Gasteiger partial charge in [0, 0.05) is 18.3 Å². The van der Waals surface area contributed by atoms with Gasteiger partial charge in [-0.15, -0.1) is 0 Å². The Morgan fingerprint density at radius 3 is 2.73 bits per heavy atom. The standard InChI is InChI=1S/C10H10F2N2O/c11-7-2-1-6(5-8(7)12)14-9-3-4-13-10(9)15/h1-2,5,9,14H,3-4H2,(H,13,15). The fourth-order valence-corrected chi connectivity index (χ4v) is 1.52. The highest BCUT2D eigenvalue weighted by molar-refractivity contribution is 5.86. The molecule has 5 heteroatoms. The van der Waals surface area contributed by atoms with E-state index in [2.05, 4.69) is 10.6 Å². The van der Waals surface area contributed by atoms with E-state index in [0.29, 0.717) is 18.7 Å². The summed E-state index contributed by atoms with van der Waals surface area (Å²) in [5.74, 6) is -1.92. The van der Waals surface area contributed by atoms with E-state index in [4.69, 9.17) is 0 Å². The molecule has 15 heavy (non-hydrogen) atoms. The summed E-state index contributed by atoms with van der Waals surface area (Å²) < 4.78 is 25.4. The van der Waals surface area contributed by atoms with Crippen LogP contribution in [0.3, 0.4) is 0 Å². The third-order valence-electron chi connectivity index (χ3n) is 2.31. The van der Waals surface area contributed by atoms with Crippen LogP contribution in [0.2, 0.25) is 0 Å². The van der Waals surface area contributed by atoms with Crippen LogP contribution in [0, 0.1) is 11.6 Å². The molecule has 1 amide bonds. The maximum absolute atomic E-state index is 12.8. The van der Waals surface area contributed by atoms with Gasteiger partial charge in [0.15, 0.2) is 11.6 Å². The van der Waals surface area contributed by atoms with Crippen molar-refractivity contribution in [2.45, 2.75) is 12.5 Å². The summed E-state index contributed by atoms with van der Waals surface area (Å²) in [6.45, 7) is 0.611. The Kier molecular flexibility index (Phi) is 2.53. The molecule has 1 aliphatic heterocycles. The first-order chi connectivity index (χ1) is 7.16. The molecule has 80 valence electrons. The molecule has 1 aromatic carbocycles. The van der Waals surface area contributed by atoms with Gasteiger partial charge in [-0.2, -0.15) is 0 Å². The average molecular weight is 212 g/mol. The molecular weight excluding hydrogens is 202 g/mol. The lowest BCUT2D eigenvalue weighted by Crippen LogP contribution is -2.29. The van der Waals surface area contributed by atoms with Crippen molar-refractivity contribution in [3.05, 3.63) is 29.8 Å². The Labute approximate surface area is 85.5 Å². The number of halogens is 2. The summed E-state index contributed by atoms with van der Waals surface area (Å²) in [6, 6.07) is 3.13. The second kappa shape index (κ2) is 3.84. The van der Waals surface area contributed by atoms with E-state index in [1.165, 1.54) is 6.07 Å². The number of hydrogen-bond acceptors (Lipinski definition) is 2. The summed E-state index contributed by atoms with van der Waals surface area (Å²) in [6.07, 6.45) is 0.651. The summed E-state index contributed by atoms with van der Waals surface area (Å²) in [7, 11) is 0. The zero-order chi connectivity index (χ0) is 10.8. The van der Waals surface area contributed by atoms with Gasteiger partial charge in [0.1, 0.15) is 6.04 Å². The number of benzene rings is 1. The number of carbonyl (C=O) groups is 1. The van der Waals surface area contributed by atoms with Crippen molar-refractivity contribution in [3.63, 3.8) is 0 Å². The van der Waals surface area contributed by atoms with Crippen molar-refractivity contribution in [1.29, 1.82) is 0 Å². The smallest absolute Gasteiger partial charge is 0.242 e. The highest BCUT2D eigenvalue weighted by Crippen LogP contribution is 2.15. The highest BCUT2D eigenvalue weighted by Gasteiger charge is 2.23. The van der Waals surface area contributed by atoms with E-state index >= 15 is 0 Å². The van der Waals surface area contributed by atoms with Crippen LogP contribution in [0.4, 0.5) is 14.5 Å². The molecule has 1 unspecified atom stereocenters. The molecule has 0 radical (unpaired) electrons. The first-order valence-electron chi connectivity index (χ1n) is 4.66. The molecule has 1 aliphatic rings. The lowest BCUT2D eigenvalue weighted by atomic mass is 10.2. The van der Waals surface area contributed by atoms with Crippen LogP contribution in [-0.2, 0) is 4.79 Å². The van der Waals surface area contributed by atoms with Crippen LogP contribution >= 0.6 is 0 Å². The Balaban J connectivity index is 2.10. The number of rotatable bonds is 2. The summed E-state index contributed by atoms with van der Waals surface area (Å²) >= 11 is 0.